The molecular weight excluding hydrogens is 278 g/mol. The Hall–Kier alpha value is -2.59. The second-order valence-electron chi connectivity index (χ2n) is 3.88. The van der Waals surface area contributed by atoms with Gasteiger partial charge in [0.15, 0.2) is 10.8 Å². The van der Waals surface area contributed by atoms with Crippen molar-refractivity contribution in [2.75, 3.05) is 12.4 Å². The van der Waals surface area contributed by atoms with Crippen LogP contribution in [0.5, 0.6) is 5.75 Å². The summed E-state index contributed by atoms with van der Waals surface area (Å²) in [6, 6.07) is 6.95. The van der Waals surface area contributed by atoms with Crippen molar-refractivity contribution >= 4 is 28.1 Å². The van der Waals surface area contributed by atoms with Crippen LogP contribution in [0.4, 0.5) is 10.8 Å². The summed E-state index contributed by atoms with van der Waals surface area (Å²) in [5, 5.41) is 21.3. The molecule has 0 saturated carbocycles. The number of benzene rings is 1. The van der Waals surface area contributed by atoms with E-state index >= 15 is 0 Å². The smallest absolute Gasteiger partial charge is 0.355 e. The van der Waals surface area contributed by atoms with Gasteiger partial charge in [0.2, 0.25) is 0 Å². The van der Waals surface area contributed by atoms with Crippen molar-refractivity contribution in [1.82, 2.24) is 4.98 Å². The lowest BCUT2D eigenvalue weighted by atomic mass is 10.2. The van der Waals surface area contributed by atoms with Gasteiger partial charge in [-0.25, -0.2) is 9.78 Å². The van der Waals surface area contributed by atoms with Crippen LogP contribution in [0.2, 0.25) is 0 Å². The highest BCUT2D eigenvalue weighted by Crippen LogP contribution is 2.31. The molecule has 0 unspecified atom stereocenters. The molecule has 0 aliphatic heterocycles. The number of hydrogen-bond acceptors (Lipinski definition) is 6. The van der Waals surface area contributed by atoms with Crippen LogP contribution in [0, 0.1) is 18.3 Å². The number of carboxylic acids is 1. The number of carbonyl (C=O) groups is 1. The Balaban J connectivity index is 2.33. The van der Waals surface area contributed by atoms with E-state index in [1.165, 1.54) is 18.4 Å². The number of hydrogen-bond donors (Lipinski definition) is 2. The molecule has 0 atom stereocenters. The first kappa shape index (κ1) is 13.8. The number of nitriles is 1. The number of rotatable bonds is 4. The summed E-state index contributed by atoms with van der Waals surface area (Å²) in [5.74, 6) is -0.563. The number of aryl methyl sites for hydroxylation is 1. The Morgan fingerprint density at radius 1 is 1.55 bits per heavy atom. The highest BCUT2D eigenvalue weighted by molar-refractivity contribution is 7.15. The lowest BCUT2D eigenvalue weighted by Crippen LogP contribution is -1.99. The molecule has 20 heavy (non-hydrogen) atoms. The zero-order chi connectivity index (χ0) is 14.7. The third-order valence-corrected chi connectivity index (χ3v) is 3.46. The summed E-state index contributed by atoms with van der Waals surface area (Å²) in [6.45, 7) is 1.70. The van der Waals surface area contributed by atoms with Crippen LogP contribution in [0.1, 0.15) is 20.9 Å². The third kappa shape index (κ3) is 2.70. The van der Waals surface area contributed by atoms with Crippen molar-refractivity contribution in [2.45, 2.75) is 6.92 Å². The molecule has 0 bridgehead atoms. The number of carboxylic acid groups (broad SMARTS) is 1. The van der Waals surface area contributed by atoms with Crippen molar-refractivity contribution in [3.05, 3.63) is 34.3 Å². The fourth-order valence-corrected chi connectivity index (χ4v) is 2.45. The standard InChI is InChI=1S/C13H11N3O3S/c1-7-11(12(17)18)16-13(20-7)15-9-4-3-8(6-14)5-10(9)19-2/h3-5H,1-2H3,(H,15,16)(H,17,18). The van der Waals surface area contributed by atoms with Gasteiger partial charge in [0, 0.05) is 10.9 Å². The number of aromatic nitrogens is 1. The Labute approximate surface area is 119 Å². The SMILES string of the molecule is COc1cc(C#N)ccc1Nc1nc(C(=O)O)c(C)s1. The number of nitrogens with zero attached hydrogens (tertiary/aromatic N) is 2. The van der Waals surface area contributed by atoms with E-state index in [9.17, 15) is 4.79 Å². The second-order valence-corrected chi connectivity index (χ2v) is 5.08. The molecule has 7 heteroatoms. The topological polar surface area (TPSA) is 95.2 Å². The first-order chi connectivity index (χ1) is 9.55. The first-order valence-corrected chi connectivity index (χ1v) is 6.42. The molecule has 0 amide bonds. The van der Waals surface area contributed by atoms with Gasteiger partial charge >= 0.3 is 5.97 Å². The molecule has 0 saturated heterocycles. The van der Waals surface area contributed by atoms with E-state index < -0.39 is 5.97 Å². The highest BCUT2D eigenvalue weighted by atomic mass is 32.1. The fourth-order valence-electron chi connectivity index (χ4n) is 1.63. The van der Waals surface area contributed by atoms with Gasteiger partial charge in [0.25, 0.3) is 0 Å². The normalized spacial score (nSPS) is 9.85. The molecule has 0 aliphatic carbocycles. The van der Waals surface area contributed by atoms with Crippen molar-refractivity contribution in [3.8, 4) is 11.8 Å². The zero-order valence-corrected chi connectivity index (χ0v) is 11.6. The van der Waals surface area contributed by atoms with E-state index in [0.29, 0.717) is 27.0 Å². The summed E-state index contributed by atoms with van der Waals surface area (Å²) < 4.78 is 5.19. The lowest BCUT2D eigenvalue weighted by Gasteiger charge is -2.08. The highest BCUT2D eigenvalue weighted by Gasteiger charge is 2.15. The Morgan fingerprint density at radius 3 is 2.85 bits per heavy atom. The van der Waals surface area contributed by atoms with Crippen molar-refractivity contribution in [2.24, 2.45) is 0 Å². The van der Waals surface area contributed by atoms with Crippen LogP contribution < -0.4 is 10.1 Å². The predicted molar refractivity (Wildman–Crippen MR) is 74.8 cm³/mol. The zero-order valence-electron chi connectivity index (χ0n) is 10.8. The molecule has 0 fully saturated rings. The van der Waals surface area contributed by atoms with Gasteiger partial charge in [0.05, 0.1) is 24.4 Å². The largest absolute Gasteiger partial charge is 0.495 e. The quantitative estimate of drug-likeness (QED) is 0.898. The molecule has 1 heterocycles. The number of nitrogens with one attached hydrogen (secondary N) is 1. The van der Waals surface area contributed by atoms with Gasteiger partial charge in [-0.05, 0) is 19.1 Å². The van der Waals surface area contributed by atoms with Crippen LogP contribution >= 0.6 is 11.3 Å². The third-order valence-electron chi connectivity index (χ3n) is 2.57. The van der Waals surface area contributed by atoms with Crippen LogP contribution in [0.3, 0.4) is 0 Å². The molecule has 102 valence electrons. The first-order valence-electron chi connectivity index (χ1n) is 5.61. The number of aromatic carboxylic acids is 1. The maximum atomic E-state index is 10.9. The summed E-state index contributed by atoms with van der Waals surface area (Å²) in [7, 11) is 1.50. The summed E-state index contributed by atoms with van der Waals surface area (Å²) in [4.78, 5) is 15.6. The maximum absolute atomic E-state index is 10.9. The molecular formula is C13H11N3O3S. The number of anilines is 2. The molecule has 6 nitrogen and oxygen atoms in total. The van der Waals surface area contributed by atoms with Gasteiger partial charge in [-0.3, -0.25) is 0 Å². The second kappa shape index (κ2) is 5.59. The number of methoxy groups -OCH3 is 1. The van der Waals surface area contributed by atoms with Crippen LogP contribution in [0.15, 0.2) is 18.2 Å². The Morgan fingerprint density at radius 2 is 2.30 bits per heavy atom. The molecule has 0 aliphatic rings. The summed E-state index contributed by atoms with van der Waals surface area (Å²) in [5.41, 5.74) is 1.14. The lowest BCUT2D eigenvalue weighted by molar-refractivity contribution is 0.0690. The summed E-state index contributed by atoms with van der Waals surface area (Å²) >= 11 is 1.24. The van der Waals surface area contributed by atoms with Crippen molar-refractivity contribution in [1.29, 1.82) is 5.26 Å². The number of thiazole rings is 1. The minimum absolute atomic E-state index is 0.0325. The number of ether oxygens (including phenoxy) is 1. The van der Waals surface area contributed by atoms with Gasteiger partial charge < -0.3 is 15.2 Å². The van der Waals surface area contributed by atoms with Gasteiger partial charge in [-0.2, -0.15) is 5.26 Å². The molecule has 2 aromatic rings. The molecule has 1 aromatic heterocycles. The van der Waals surface area contributed by atoms with Crippen molar-refractivity contribution < 1.29 is 14.6 Å². The van der Waals surface area contributed by atoms with Crippen LogP contribution in [-0.2, 0) is 0 Å². The molecule has 0 spiro atoms. The molecule has 2 N–H and O–H groups in total. The van der Waals surface area contributed by atoms with E-state index in [1.807, 2.05) is 6.07 Å². The molecule has 0 radical (unpaired) electrons. The van der Waals surface area contributed by atoms with Gasteiger partial charge in [-0.1, -0.05) is 0 Å². The summed E-state index contributed by atoms with van der Waals surface area (Å²) in [6.07, 6.45) is 0. The maximum Gasteiger partial charge on any atom is 0.355 e. The van der Waals surface area contributed by atoms with Crippen LogP contribution in [-0.4, -0.2) is 23.2 Å². The average molecular weight is 289 g/mol. The van der Waals surface area contributed by atoms with E-state index in [4.69, 9.17) is 15.1 Å². The van der Waals surface area contributed by atoms with Crippen molar-refractivity contribution in [3.63, 3.8) is 0 Å². The minimum Gasteiger partial charge on any atom is -0.495 e. The molecule has 1 aromatic carbocycles. The van der Waals surface area contributed by atoms with E-state index in [-0.39, 0.29) is 5.69 Å². The van der Waals surface area contributed by atoms with Crippen LogP contribution in [0.25, 0.3) is 0 Å². The van der Waals surface area contributed by atoms with E-state index in [1.54, 1.807) is 25.1 Å². The average Bonchev–Trinajstić information content (AvgIpc) is 2.80. The van der Waals surface area contributed by atoms with E-state index in [0.717, 1.165) is 0 Å². The van der Waals surface area contributed by atoms with Gasteiger partial charge in [-0.15, -0.1) is 11.3 Å². The Kier molecular flexibility index (Phi) is 3.86. The minimum atomic E-state index is -1.06. The molecule has 2 rings (SSSR count). The Bertz CT molecular complexity index is 703. The predicted octanol–water partition coefficient (Wildman–Crippen LogP) is 2.77. The monoisotopic (exact) mass is 289 g/mol. The van der Waals surface area contributed by atoms with Gasteiger partial charge in [0.1, 0.15) is 5.75 Å². The van der Waals surface area contributed by atoms with E-state index in [2.05, 4.69) is 10.3 Å². The fraction of sp³-hybridized carbons (Fsp3) is 0.154.